The van der Waals surface area contributed by atoms with Crippen LogP contribution in [-0.4, -0.2) is 47.7 Å². The van der Waals surface area contributed by atoms with Gasteiger partial charge in [-0.15, -0.1) is 0 Å². The van der Waals surface area contributed by atoms with E-state index in [0.29, 0.717) is 13.2 Å². The van der Waals surface area contributed by atoms with E-state index < -0.39 is 17.4 Å². The van der Waals surface area contributed by atoms with Gasteiger partial charge in [-0.25, -0.2) is 0 Å². The molecule has 0 radical (unpaired) electrons. The van der Waals surface area contributed by atoms with Gasteiger partial charge in [-0.2, -0.15) is 0 Å². The molecular weight excluding hydrogens is 258 g/mol. The van der Waals surface area contributed by atoms with E-state index in [2.05, 4.69) is 6.92 Å². The lowest BCUT2D eigenvalue weighted by Crippen LogP contribution is -2.41. The van der Waals surface area contributed by atoms with E-state index in [-0.39, 0.29) is 24.0 Å². The van der Waals surface area contributed by atoms with Crippen molar-refractivity contribution in [1.29, 1.82) is 0 Å². The van der Waals surface area contributed by atoms with Crippen LogP contribution < -0.4 is 0 Å². The molecule has 2 bridgehead atoms. The lowest BCUT2D eigenvalue weighted by Gasteiger charge is -2.26. The molecule has 0 aromatic rings. The molecule has 0 unspecified atom stereocenters. The number of nitrogens with zero attached hydrogens (tertiary/aromatic N) is 1. The van der Waals surface area contributed by atoms with Crippen LogP contribution in [0.3, 0.4) is 0 Å². The molecular formula is C15H21NO4. The van der Waals surface area contributed by atoms with Crippen LogP contribution in [-0.2, 0) is 19.1 Å². The fourth-order valence-corrected chi connectivity index (χ4v) is 3.63. The molecule has 0 saturated carbocycles. The molecule has 0 aliphatic carbocycles. The predicted octanol–water partition coefficient (Wildman–Crippen LogP) is 1.13. The molecule has 1 amide bonds. The van der Waals surface area contributed by atoms with Gasteiger partial charge in [0.25, 0.3) is 0 Å². The molecule has 5 nitrogen and oxygen atoms in total. The Hall–Kier alpha value is -1.36. The lowest BCUT2D eigenvalue weighted by molar-refractivity contribution is -0.153. The molecule has 0 N–H and O–H groups in total. The van der Waals surface area contributed by atoms with Crippen LogP contribution in [0.15, 0.2) is 12.2 Å². The monoisotopic (exact) mass is 279 g/mol. The minimum absolute atomic E-state index is 0.0317. The highest BCUT2D eigenvalue weighted by atomic mass is 16.6. The molecule has 5 atom stereocenters. The SMILES string of the molecule is CCOC(=O)[C@@H]1[C@@H]2C=C[C@@]3(CN([C@@H](C)CC)C(=O)[C@@H]13)O2. The topological polar surface area (TPSA) is 55.8 Å². The van der Waals surface area contributed by atoms with E-state index >= 15 is 0 Å². The van der Waals surface area contributed by atoms with Gasteiger partial charge in [0.05, 0.1) is 25.2 Å². The van der Waals surface area contributed by atoms with Gasteiger partial charge < -0.3 is 14.4 Å². The maximum Gasteiger partial charge on any atom is 0.312 e. The number of likely N-dealkylation sites (tertiary alicyclic amines) is 1. The van der Waals surface area contributed by atoms with Gasteiger partial charge in [0.15, 0.2) is 0 Å². The van der Waals surface area contributed by atoms with E-state index in [1.165, 1.54) is 0 Å². The van der Waals surface area contributed by atoms with Crippen molar-refractivity contribution in [3.63, 3.8) is 0 Å². The zero-order valence-corrected chi connectivity index (χ0v) is 12.2. The minimum Gasteiger partial charge on any atom is -0.466 e. The Balaban J connectivity index is 1.90. The fraction of sp³-hybridized carbons (Fsp3) is 0.733. The summed E-state index contributed by atoms with van der Waals surface area (Å²) in [4.78, 5) is 26.7. The first-order valence-corrected chi connectivity index (χ1v) is 7.38. The summed E-state index contributed by atoms with van der Waals surface area (Å²) in [6, 6.07) is 0.168. The molecule has 3 heterocycles. The summed E-state index contributed by atoms with van der Waals surface area (Å²) in [6.45, 7) is 6.74. The van der Waals surface area contributed by atoms with E-state index in [0.717, 1.165) is 6.42 Å². The molecule has 0 aromatic carbocycles. The third-order valence-electron chi connectivity index (χ3n) is 4.81. The summed E-state index contributed by atoms with van der Waals surface area (Å²) in [7, 11) is 0. The smallest absolute Gasteiger partial charge is 0.312 e. The Morgan fingerprint density at radius 2 is 2.35 bits per heavy atom. The molecule has 3 aliphatic rings. The normalized spacial score (nSPS) is 39.2. The Morgan fingerprint density at radius 1 is 1.60 bits per heavy atom. The van der Waals surface area contributed by atoms with Crippen molar-refractivity contribution < 1.29 is 19.1 Å². The number of fused-ring (bicyclic) bond motifs is 1. The molecule has 1 spiro atoms. The quantitative estimate of drug-likeness (QED) is 0.572. The number of carbonyl (C=O) groups is 2. The van der Waals surface area contributed by atoms with Crippen LogP contribution in [0.25, 0.3) is 0 Å². The highest BCUT2D eigenvalue weighted by Gasteiger charge is 2.67. The second kappa shape index (κ2) is 4.58. The maximum absolute atomic E-state index is 12.7. The first-order chi connectivity index (χ1) is 9.54. The Bertz CT molecular complexity index is 474. The number of amides is 1. The first-order valence-electron chi connectivity index (χ1n) is 7.38. The first kappa shape index (κ1) is 13.6. The van der Waals surface area contributed by atoms with Crippen molar-refractivity contribution in [3.05, 3.63) is 12.2 Å². The van der Waals surface area contributed by atoms with E-state index in [9.17, 15) is 9.59 Å². The fourth-order valence-electron chi connectivity index (χ4n) is 3.63. The lowest BCUT2D eigenvalue weighted by atomic mass is 9.77. The molecule has 5 heteroatoms. The Kier molecular flexibility index (Phi) is 3.12. The second-order valence-electron chi connectivity index (χ2n) is 5.88. The van der Waals surface area contributed by atoms with Gasteiger partial charge in [-0.3, -0.25) is 9.59 Å². The average molecular weight is 279 g/mol. The molecule has 3 aliphatic heterocycles. The van der Waals surface area contributed by atoms with Gasteiger partial charge in [-0.05, 0) is 20.3 Å². The second-order valence-corrected chi connectivity index (χ2v) is 5.88. The highest BCUT2D eigenvalue weighted by molar-refractivity contribution is 5.91. The predicted molar refractivity (Wildman–Crippen MR) is 71.8 cm³/mol. The third-order valence-corrected chi connectivity index (χ3v) is 4.81. The summed E-state index contributed by atoms with van der Waals surface area (Å²) in [5.41, 5.74) is -0.609. The Morgan fingerprint density at radius 3 is 3.00 bits per heavy atom. The average Bonchev–Trinajstić information content (AvgIpc) is 3.06. The van der Waals surface area contributed by atoms with Crippen molar-refractivity contribution in [1.82, 2.24) is 4.90 Å². The van der Waals surface area contributed by atoms with Crippen LogP contribution in [0.5, 0.6) is 0 Å². The van der Waals surface area contributed by atoms with Gasteiger partial charge in [0.1, 0.15) is 11.5 Å². The van der Waals surface area contributed by atoms with Crippen LogP contribution in [0.1, 0.15) is 27.2 Å². The zero-order chi connectivity index (χ0) is 14.5. The number of ether oxygens (including phenoxy) is 2. The van der Waals surface area contributed by atoms with Crippen molar-refractivity contribution in [2.45, 2.75) is 44.9 Å². The van der Waals surface area contributed by atoms with Gasteiger partial charge in [-0.1, -0.05) is 19.1 Å². The molecule has 2 fully saturated rings. The van der Waals surface area contributed by atoms with Crippen molar-refractivity contribution in [3.8, 4) is 0 Å². The standard InChI is InChI=1S/C15H21NO4/c1-4-9(3)16-8-15-7-6-10(20-15)11(12(15)13(16)17)14(18)19-5-2/h6-7,9-12H,4-5,8H2,1-3H3/t9-,10-,11+,12+,15-/m0/s1. The van der Waals surface area contributed by atoms with Crippen LogP contribution in [0.2, 0.25) is 0 Å². The van der Waals surface area contributed by atoms with Gasteiger partial charge in [0, 0.05) is 6.04 Å². The summed E-state index contributed by atoms with van der Waals surface area (Å²) < 4.78 is 11.1. The number of hydrogen-bond donors (Lipinski definition) is 0. The van der Waals surface area contributed by atoms with Crippen LogP contribution >= 0.6 is 0 Å². The molecule has 20 heavy (non-hydrogen) atoms. The minimum atomic E-state index is -0.609. The van der Waals surface area contributed by atoms with Crippen LogP contribution in [0.4, 0.5) is 0 Å². The van der Waals surface area contributed by atoms with Crippen molar-refractivity contribution in [2.24, 2.45) is 11.8 Å². The van der Waals surface area contributed by atoms with Crippen LogP contribution in [0, 0.1) is 11.8 Å². The van der Waals surface area contributed by atoms with Gasteiger partial charge in [0.2, 0.25) is 5.91 Å². The number of hydrogen-bond acceptors (Lipinski definition) is 4. The maximum atomic E-state index is 12.7. The zero-order valence-electron chi connectivity index (χ0n) is 12.2. The summed E-state index contributed by atoms with van der Waals surface area (Å²) in [5, 5.41) is 0. The highest BCUT2D eigenvalue weighted by Crippen LogP contribution is 2.52. The number of esters is 1. The van der Waals surface area contributed by atoms with Crippen molar-refractivity contribution >= 4 is 11.9 Å². The molecule has 0 aromatic heterocycles. The summed E-state index contributed by atoms with van der Waals surface area (Å²) >= 11 is 0. The summed E-state index contributed by atoms with van der Waals surface area (Å²) in [6.07, 6.45) is 4.47. The van der Waals surface area contributed by atoms with Gasteiger partial charge >= 0.3 is 5.97 Å². The largest absolute Gasteiger partial charge is 0.466 e. The molecule has 3 rings (SSSR count). The van der Waals surface area contributed by atoms with E-state index in [4.69, 9.17) is 9.47 Å². The third kappa shape index (κ3) is 1.65. The summed E-state index contributed by atoms with van der Waals surface area (Å²) in [5.74, 6) is -1.18. The molecule has 110 valence electrons. The Labute approximate surface area is 118 Å². The molecule has 2 saturated heterocycles. The van der Waals surface area contributed by atoms with E-state index in [1.807, 2.05) is 24.0 Å². The number of carbonyl (C=O) groups excluding carboxylic acids is 2. The van der Waals surface area contributed by atoms with E-state index in [1.54, 1.807) is 6.92 Å². The van der Waals surface area contributed by atoms with Crippen molar-refractivity contribution in [2.75, 3.05) is 13.2 Å². The number of rotatable bonds is 4.